The van der Waals surface area contributed by atoms with Crippen molar-refractivity contribution in [2.45, 2.75) is 44.7 Å². The van der Waals surface area contributed by atoms with Crippen LogP contribution in [0.15, 0.2) is 24.3 Å². The van der Waals surface area contributed by atoms with E-state index in [4.69, 9.17) is 17.3 Å². The van der Waals surface area contributed by atoms with Crippen LogP contribution in [0.1, 0.15) is 44.2 Å². The minimum absolute atomic E-state index is 0.467. The first-order chi connectivity index (χ1) is 9.17. The van der Waals surface area contributed by atoms with Crippen molar-refractivity contribution in [3.63, 3.8) is 0 Å². The van der Waals surface area contributed by atoms with E-state index in [1.54, 1.807) is 0 Å². The lowest BCUT2D eigenvalue weighted by Crippen LogP contribution is -2.39. The van der Waals surface area contributed by atoms with E-state index < -0.39 is 0 Å². The van der Waals surface area contributed by atoms with Gasteiger partial charge < -0.3 is 5.73 Å². The molecule has 106 valence electrons. The highest BCUT2D eigenvalue weighted by Crippen LogP contribution is 2.35. The molecular weight excluding hydrogens is 256 g/mol. The Bertz CT molecular complexity index is 390. The summed E-state index contributed by atoms with van der Waals surface area (Å²) in [6.45, 7) is 3.06. The molecule has 0 radical (unpaired) electrons. The van der Waals surface area contributed by atoms with Crippen molar-refractivity contribution in [3.05, 3.63) is 34.9 Å². The maximum atomic E-state index is 5.98. The zero-order valence-electron chi connectivity index (χ0n) is 12.0. The summed E-state index contributed by atoms with van der Waals surface area (Å²) in [6, 6.07) is 9.38. The molecule has 1 aromatic rings. The van der Waals surface area contributed by atoms with Crippen molar-refractivity contribution in [2.75, 3.05) is 13.6 Å². The lowest BCUT2D eigenvalue weighted by molar-refractivity contribution is 0.138. The molecule has 1 saturated carbocycles. The Labute approximate surface area is 121 Å². The maximum Gasteiger partial charge on any atom is 0.0406 e. The monoisotopic (exact) mass is 280 g/mol. The van der Waals surface area contributed by atoms with Crippen LogP contribution >= 0.6 is 11.6 Å². The highest BCUT2D eigenvalue weighted by molar-refractivity contribution is 6.30. The molecule has 0 heterocycles. The maximum absolute atomic E-state index is 5.98. The third kappa shape index (κ3) is 3.31. The Morgan fingerprint density at radius 2 is 2.00 bits per heavy atom. The molecule has 1 aromatic carbocycles. The van der Waals surface area contributed by atoms with Crippen LogP contribution in [0.4, 0.5) is 0 Å². The molecule has 3 atom stereocenters. The summed E-state index contributed by atoms with van der Waals surface area (Å²) in [5, 5.41) is 0.807. The molecule has 19 heavy (non-hydrogen) atoms. The van der Waals surface area contributed by atoms with Gasteiger partial charge in [-0.25, -0.2) is 0 Å². The minimum Gasteiger partial charge on any atom is -0.330 e. The van der Waals surface area contributed by atoms with Gasteiger partial charge in [0.15, 0.2) is 0 Å². The fraction of sp³-hybridized carbons (Fsp3) is 0.625. The molecule has 0 amide bonds. The van der Waals surface area contributed by atoms with E-state index in [1.807, 2.05) is 12.1 Å². The molecule has 1 aliphatic carbocycles. The van der Waals surface area contributed by atoms with Gasteiger partial charge in [-0.3, -0.25) is 4.90 Å². The third-order valence-electron chi connectivity index (χ3n) is 4.58. The molecule has 3 unspecified atom stereocenters. The van der Waals surface area contributed by atoms with Gasteiger partial charge in [-0.05, 0) is 56.5 Å². The van der Waals surface area contributed by atoms with Crippen LogP contribution < -0.4 is 5.73 Å². The lowest BCUT2D eigenvalue weighted by Gasteiger charge is -2.36. The Hall–Kier alpha value is -0.570. The summed E-state index contributed by atoms with van der Waals surface area (Å²) >= 11 is 5.98. The predicted octanol–water partition coefficient (Wildman–Crippen LogP) is 3.85. The second-order valence-corrected chi connectivity index (χ2v) is 6.07. The molecule has 0 aliphatic heterocycles. The fourth-order valence-electron chi connectivity index (χ4n) is 3.50. The van der Waals surface area contributed by atoms with Gasteiger partial charge >= 0.3 is 0 Å². The third-order valence-corrected chi connectivity index (χ3v) is 4.83. The smallest absolute Gasteiger partial charge is 0.0406 e. The van der Waals surface area contributed by atoms with Gasteiger partial charge in [0.25, 0.3) is 0 Å². The summed E-state index contributed by atoms with van der Waals surface area (Å²) in [6.07, 6.45) is 4.99. The van der Waals surface area contributed by atoms with Gasteiger partial charge in [0.05, 0.1) is 0 Å². The predicted molar refractivity (Wildman–Crippen MR) is 82.4 cm³/mol. The molecule has 0 bridgehead atoms. The van der Waals surface area contributed by atoms with Crippen LogP contribution in [0.3, 0.4) is 0 Å². The van der Waals surface area contributed by atoms with Crippen LogP contribution in [-0.4, -0.2) is 24.5 Å². The Morgan fingerprint density at radius 1 is 1.32 bits per heavy atom. The van der Waals surface area contributed by atoms with Crippen molar-refractivity contribution >= 4 is 11.6 Å². The van der Waals surface area contributed by atoms with Crippen molar-refractivity contribution in [2.24, 2.45) is 11.7 Å². The summed E-state index contributed by atoms with van der Waals surface area (Å²) in [5.74, 6) is 0.659. The quantitative estimate of drug-likeness (QED) is 0.888. The Kier molecular flexibility index (Phi) is 5.26. The number of hydrogen-bond donors (Lipinski definition) is 1. The van der Waals surface area contributed by atoms with E-state index in [1.165, 1.54) is 24.8 Å². The topological polar surface area (TPSA) is 29.3 Å². The summed E-state index contributed by atoms with van der Waals surface area (Å²) < 4.78 is 0. The molecule has 1 fully saturated rings. The van der Waals surface area contributed by atoms with Gasteiger partial charge in [-0.2, -0.15) is 0 Å². The van der Waals surface area contributed by atoms with Crippen LogP contribution in [0.5, 0.6) is 0 Å². The average molecular weight is 281 g/mol. The summed E-state index contributed by atoms with van der Waals surface area (Å²) in [5.41, 5.74) is 7.28. The SMILES string of the molecule is CCC(c1ccc(Cl)cc1)N(C)C1CCCC1CN. The van der Waals surface area contributed by atoms with Crippen LogP contribution in [0, 0.1) is 5.92 Å². The number of nitrogens with zero attached hydrogens (tertiary/aromatic N) is 1. The fourth-order valence-corrected chi connectivity index (χ4v) is 3.63. The molecule has 0 spiro atoms. The largest absolute Gasteiger partial charge is 0.330 e. The van der Waals surface area contributed by atoms with Gasteiger partial charge in [0, 0.05) is 17.1 Å². The first kappa shape index (κ1) is 14.8. The number of hydrogen-bond acceptors (Lipinski definition) is 2. The van der Waals surface area contributed by atoms with Crippen LogP contribution in [0.2, 0.25) is 5.02 Å². The Morgan fingerprint density at radius 3 is 2.58 bits per heavy atom. The van der Waals surface area contributed by atoms with Gasteiger partial charge in [-0.1, -0.05) is 37.1 Å². The molecule has 2 nitrogen and oxygen atoms in total. The van der Waals surface area contributed by atoms with Gasteiger partial charge in [-0.15, -0.1) is 0 Å². The lowest BCUT2D eigenvalue weighted by atomic mass is 9.97. The zero-order chi connectivity index (χ0) is 13.8. The standard InChI is InChI=1S/C16H25ClN2/c1-3-15(12-7-9-14(17)10-8-12)19(2)16-6-4-5-13(16)11-18/h7-10,13,15-16H,3-6,11,18H2,1-2H3. The average Bonchev–Trinajstić information content (AvgIpc) is 2.90. The van der Waals surface area contributed by atoms with Crippen LogP contribution in [-0.2, 0) is 0 Å². The van der Waals surface area contributed by atoms with Crippen molar-refractivity contribution in [3.8, 4) is 0 Å². The number of benzene rings is 1. The summed E-state index contributed by atoms with van der Waals surface area (Å²) in [7, 11) is 2.25. The minimum atomic E-state index is 0.467. The van der Waals surface area contributed by atoms with Crippen molar-refractivity contribution in [1.82, 2.24) is 4.90 Å². The van der Waals surface area contributed by atoms with E-state index in [2.05, 4.69) is 31.0 Å². The van der Waals surface area contributed by atoms with E-state index in [0.29, 0.717) is 18.0 Å². The zero-order valence-corrected chi connectivity index (χ0v) is 12.7. The number of rotatable bonds is 5. The molecule has 0 saturated heterocycles. The van der Waals surface area contributed by atoms with E-state index in [9.17, 15) is 0 Å². The molecule has 3 heteroatoms. The van der Waals surface area contributed by atoms with E-state index >= 15 is 0 Å². The first-order valence-corrected chi connectivity index (χ1v) is 7.72. The van der Waals surface area contributed by atoms with Crippen molar-refractivity contribution < 1.29 is 0 Å². The second kappa shape index (κ2) is 6.74. The van der Waals surface area contributed by atoms with Crippen molar-refractivity contribution in [1.29, 1.82) is 0 Å². The molecule has 2 N–H and O–H groups in total. The molecular formula is C16H25ClN2. The van der Waals surface area contributed by atoms with E-state index in [-0.39, 0.29) is 0 Å². The Balaban J connectivity index is 2.14. The van der Waals surface area contributed by atoms with E-state index in [0.717, 1.165) is 18.0 Å². The normalized spacial score (nSPS) is 24.9. The summed E-state index contributed by atoms with van der Waals surface area (Å²) in [4.78, 5) is 2.54. The van der Waals surface area contributed by atoms with Gasteiger partial charge in [0.2, 0.25) is 0 Å². The second-order valence-electron chi connectivity index (χ2n) is 5.64. The number of halogens is 1. The van der Waals surface area contributed by atoms with Crippen LogP contribution in [0.25, 0.3) is 0 Å². The first-order valence-electron chi connectivity index (χ1n) is 7.34. The van der Waals surface area contributed by atoms with Gasteiger partial charge in [0.1, 0.15) is 0 Å². The number of nitrogens with two attached hydrogens (primary N) is 1. The molecule has 0 aromatic heterocycles. The molecule has 1 aliphatic rings. The highest BCUT2D eigenvalue weighted by Gasteiger charge is 2.32. The highest BCUT2D eigenvalue weighted by atomic mass is 35.5. The molecule has 2 rings (SSSR count).